The molecule has 0 heterocycles. The highest BCUT2D eigenvalue weighted by atomic mass is 79.9. The van der Waals surface area contributed by atoms with Gasteiger partial charge in [0.05, 0.1) is 15.5 Å². The van der Waals surface area contributed by atoms with Gasteiger partial charge < -0.3 is 10.1 Å². The van der Waals surface area contributed by atoms with Gasteiger partial charge in [-0.05, 0) is 44.0 Å². The smallest absolute Gasteiger partial charge is 0.271 e. The van der Waals surface area contributed by atoms with E-state index >= 15 is 0 Å². The zero-order chi connectivity index (χ0) is 18.6. The van der Waals surface area contributed by atoms with Crippen LogP contribution in [-0.4, -0.2) is 22.4 Å². The van der Waals surface area contributed by atoms with Gasteiger partial charge in [-0.1, -0.05) is 0 Å². The van der Waals surface area contributed by atoms with Crippen molar-refractivity contribution in [2.75, 3.05) is 11.9 Å². The van der Waals surface area contributed by atoms with E-state index in [1.165, 1.54) is 36.4 Å². The number of nitro benzene ring substituents is 2. The van der Waals surface area contributed by atoms with E-state index in [2.05, 4.69) is 37.2 Å². The van der Waals surface area contributed by atoms with Gasteiger partial charge in [0.15, 0.2) is 6.61 Å². The second-order valence-electron chi connectivity index (χ2n) is 4.63. The minimum atomic E-state index is -0.557. The summed E-state index contributed by atoms with van der Waals surface area (Å²) in [6, 6.07) is 7.80. The number of halogens is 2. The van der Waals surface area contributed by atoms with Crippen LogP contribution in [0.2, 0.25) is 0 Å². The molecule has 25 heavy (non-hydrogen) atoms. The van der Waals surface area contributed by atoms with Gasteiger partial charge in [-0.25, -0.2) is 0 Å². The van der Waals surface area contributed by atoms with Gasteiger partial charge in [0.25, 0.3) is 17.3 Å². The molecule has 0 bridgehead atoms. The number of ether oxygens (including phenoxy) is 1. The van der Waals surface area contributed by atoms with Crippen molar-refractivity contribution in [3.05, 3.63) is 65.6 Å². The van der Waals surface area contributed by atoms with Gasteiger partial charge >= 0.3 is 0 Å². The molecule has 2 aromatic carbocycles. The molecular weight excluding hydrogens is 466 g/mol. The Morgan fingerprint density at radius 1 is 1.00 bits per heavy atom. The summed E-state index contributed by atoms with van der Waals surface area (Å²) in [6.07, 6.45) is 0. The van der Waals surface area contributed by atoms with E-state index in [4.69, 9.17) is 4.74 Å². The zero-order valence-electron chi connectivity index (χ0n) is 12.3. The lowest BCUT2D eigenvalue weighted by Gasteiger charge is -2.10. The number of nitrogens with zero attached hydrogens (tertiary/aromatic N) is 2. The molecule has 9 nitrogen and oxygen atoms in total. The number of rotatable bonds is 6. The Labute approximate surface area is 157 Å². The van der Waals surface area contributed by atoms with Crippen LogP contribution in [0, 0.1) is 20.2 Å². The molecule has 1 N–H and O–H groups in total. The number of nitro groups is 2. The standard InChI is InChI=1S/C14H9Br2N3O6/c15-11-5-9(19(23)24)6-12(16)14(11)17-13(20)7-25-10-3-1-8(2-4-10)18(21)22/h1-6H,7H2,(H,17,20). The molecule has 0 aromatic heterocycles. The molecule has 0 fully saturated rings. The number of non-ortho nitro benzene ring substituents is 2. The lowest BCUT2D eigenvalue weighted by molar-refractivity contribution is -0.385. The fourth-order valence-electron chi connectivity index (χ4n) is 1.77. The van der Waals surface area contributed by atoms with Crippen molar-refractivity contribution in [2.24, 2.45) is 0 Å². The molecule has 2 rings (SSSR count). The first-order chi connectivity index (χ1) is 11.8. The van der Waals surface area contributed by atoms with Crippen molar-refractivity contribution in [1.29, 1.82) is 0 Å². The zero-order valence-corrected chi connectivity index (χ0v) is 15.4. The largest absolute Gasteiger partial charge is 0.484 e. The van der Waals surface area contributed by atoms with Crippen LogP contribution in [0.4, 0.5) is 17.1 Å². The topological polar surface area (TPSA) is 125 Å². The van der Waals surface area contributed by atoms with Crippen molar-refractivity contribution in [2.45, 2.75) is 0 Å². The van der Waals surface area contributed by atoms with Crippen LogP contribution in [0.3, 0.4) is 0 Å². The number of carbonyl (C=O) groups excluding carboxylic acids is 1. The Balaban J connectivity index is 2.01. The predicted molar refractivity (Wildman–Crippen MR) is 95.7 cm³/mol. The Morgan fingerprint density at radius 2 is 1.52 bits per heavy atom. The highest BCUT2D eigenvalue weighted by molar-refractivity contribution is 9.11. The second-order valence-corrected chi connectivity index (χ2v) is 6.34. The quantitative estimate of drug-likeness (QED) is 0.497. The van der Waals surface area contributed by atoms with E-state index in [1.54, 1.807) is 0 Å². The number of amides is 1. The highest BCUT2D eigenvalue weighted by Crippen LogP contribution is 2.35. The first-order valence-corrected chi connectivity index (χ1v) is 8.17. The maximum absolute atomic E-state index is 12.0. The van der Waals surface area contributed by atoms with E-state index in [0.29, 0.717) is 20.4 Å². The molecule has 0 saturated heterocycles. The van der Waals surface area contributed by atoms with Crippen LogP contribution < -0.4 is 10.1 Å². The van der Waals surface area contributed by atoms with E-state index in [9.17, 15) is 25.0 Å². The van der Waals surface area contributed by atoms with Crippen molar-refractivity contribution in [3.8, 4) is 5.75 Å². The van der Waals surface area contributed by atoms with Crippen molar-refractivity contribution < 1.29 is 19.4 Å². The monoisotopic (exact) mass is 473 g/mol. The maximum atomic E-state index is 12.0. The molecule has 0 unspecified atom stereocenters. The molecule has 0 spiro atoms. The van der Waals surface area contributed by atoms with Gasteiger partial charge in [0.2, 0.25) is 0 Å². The number of nitrogens with one attached hydrogen (secondary N) is 1. The average molecular weight is 475 g/mol. The van der Waals surface area contributed by atoms with Crippen LogP contribution >= 0.6 is 31.9 Å². The van der Waals surface area contributed by atoms with Gasteiger partial charge in [-0.15, -0.1) is 0 Å². The summed E-state index contributed by atoms with van der Waals surface area (Å²) in [5, 5.41) is 23.9. The van der Waals surface area contributed by atoms with Crippen LogP contribution in [-0.2, 0) is 4.79 Å². The van der Waals surface area contributed by atoms with Crippen molar-refractivity contribution in [3.63, 3.8) is 0 Å². The van der Waals surface area contributed by atoms with Crippen LogP contribution in [0.1, 0.15) is 0 Å². The molecule has 0 atom stereocenters. The molecule has 0 saturated carbocycles. The molecule has 0 aliphatic rings. The van der Waals surface area contributed by atoms with E-state index in [-0.39, 0.29) is 18.0 Å². The maximum Gasteiger partial charge on any atom is 0.271 e. The van der Waals surface area contributed by atoms with Crippen LogP contribution in [0.25, 0.3) is 0 Å². The van der Waals surface area contributed by atoms with Crippen molar-refractivity contribution in [1.82, 2.24) is 0 Å². The Morgan fingerprint density at radius 3 is 2.00 bits per heavy atom. The van der Waals surface area contributed by atoms with Gasteiger partial charge in [0.1, 0.15) is 5.75 Å². The molecule has 0 aliphatic heterocycles. The van der Waals surface area contributed by atoms with Crippen LogP contribution in [0.5, 0.6) is 5.75 Å². The third-order valence-electron chi connectivity index (χ3n) is 2.92. The lowest BCUT2D eigenvalue weighted by Crippen LogP contribution is -2.20. The Hall–Kier alpha value is -2.53. The Kier molecular flexibility index (Phi) is 6.04. The molecular formula is C14H9Br2N3O6. The summed E-state index contributed by atoms with van der Waals surface area (Å²) in [7, 11) is 0. The molecule has 11 heteroatoms. The normalized spacial score (nSPS) is 10.2. The SMILES string of the molecule is O=C(COc1ccc([N+](=O)[O-])cc1)Nc1c(Br)cc([N+](=O)[O-])cc1Br. The third-order valence-corrected chi connectivity index (χ3v) is 4.17. The summed E-state index contributed by atoms with van der Waals surface area (Å²) in [5.41, 5.74) is 0.0947. The number of hydrogen-bond acceptors (Lipinski definition) is 6. The summed E-state index contributed by atoms with van der Waals surface area (Å²) in [6.45, 7) is -0.340. The first kappa shape index (κ1) is 18.8. The van der Waals surface area contributed by atoms with Crippen LogP contribution in [0.15, 0.2) is 45.3 Å². The fraction of sp³-hybridized carbons (Fsp3) is 0.0714. The molecule has 0 radical (unpaired) electrons. The predicted octanol–water partition coefficient (Wildman–Crippen LogP) is 4.05. The molecule has 1 amide bonds. The van der Waals surface area contributed by atoms with E-state index < -0.39 is 15.8 Å². The number of benzene rings is 2. The summed E-state index contributed by atoms with van der Waals surface area (Å²) >= 11 is 6.32. The second kappa shape index (κ2) is 8.03. The summed E-state index contributed by atoms with van der Waals surface area (Å²) in [4.78, 5) is 32.2. The number of hydrogen-bond donors (Lipinski definition) is 1. The molecule has 130 valence electrons. The highest BCUT2D eigenvalue weighted by Gasteiger charge is 2.16. The van der Waals surface area contributed by atoms with Gasteiger partial charge in [0, 0.05) is 33.2 Å². The molecule has 2 aromatic rings. The third kappa shape index (κ3) is 4.97. The van der Waals surface area contributed by atoms with Gasteiger partial charge in [-0.2, -0.15) is 0 Å². The summed E-state index contributed by atoms with van der Waals surface area (Å²) in [5.74, 6) is -0.212. The minimum absolute atomic E-state index is 0.0875. The van der Waals surface area contributed by atoms with E-state index in [1.807, 2.05) is 0 Å². The fourth-order valence-corrected chi connectivity index (χ4v) is 3.13. The number of carbonyl (C=O) groups is 1. The minimum Gasteiger partial charge on any atom is -0.484 e. The number of anilines is 1. The lowest BCUT2D eigenvalue weighted by atomic mass is 10.3. The van der Waals surface area contributed by atoms with E-state index in [0.717, 1.165) is 0 Å². The average Bonchev–Trinajstić information content (AvgIpc) is 2.56. The Bertz CT molecular complexity index is 818. The van der Waals surface area contributed by atoms with Crippen molar-refractivity contribution >= 4 is 54.8 Å². The molecule has 0 aliphatic carbocycles. The summed E-state index contributed by atoms with van der Waals surface area (Å²) < 4.78 is 5.90. The van der Waals surface area contributed by atoms with Gasteiger partial charge in [-0.3, -0.25) is 25.0 Å². The first-order valence-electron chi connectivity index (χ1n) is 6.58.